The molecule has 2 aromatic rings. The number of aryl methyl sites for hydroxylation is 1. The van der Waals surface area contributed by atoms with E-state index < -0.39 is 10.0 Å². The highest BCUT2D eigenvalue weighted by atomic mass is 32.2. The van der Waals surface area contributed by atoms with Crippen LogP contribution >= 0.6 is 0 Å². The van der Waals surface area contributed by atoms with Gasteiger partial charge in [-0.15, -0.1) is 0 Å². The summed E-state index contributed by atoms with van der Waals surface area (Å²) in [7, 11) is -3.46. The molecule has 0 aliphatic carbocycles. The Morgan fingerprint density at radius 2 is 2.00 bits per heavy atom. The molecule has 1 amide bonds. The molecule has 1 aromatic carbocycles. The molecular formula is C14H17N3O4S. The van der Waals surface area contributed by atoms with Crippen LogP contribution in [0.25, 0.3) is 0 Å². The highest BCUT2D eigenvalue weighted by Gasteiger charge is 2.18. The lowest BCUT2D eigenvalue weighted by atomic mass is 10.3. The number of nitrogens with zero attached hydrogens (tertiary/aromatic N) is 2. The molecule has 0 radical (unpaired) electrons. The summed E-state index contributed by atoms with van der Waals surface area (Å²) >= 11 is 0. The molecule has 0 aliphatic rings. The second-order valence-corrected chi connectivity index (χ2v) is 6.70. The van der Waals surface area contributed by atoms with Crippen LogP contribution in [0.4, 0.5) is 11.5 Å². The van der Waals surface area contributed by atoms with Gasteiger partial charge in [0.05, 0.1) is 11.9 Å². The average Bonchev–Trinajstić information content (AvgIpc) is 2.84. The number of carbonyl (C=O) groups excluding carboxylic acids is 1. The third-order valence-corrected chi connectivity index (χ3v) is 4.08. The van der Waals surface area contributed by atoms with Crippen LogP contribution in [0.3, 0.4) is 0 Å². The van der Waals surface area contributed by atoms with Crippen molar-refractivity contribution in [3.05, 3.63) is 42.2 Å². The lowest BCUT2D eigenvalue weighted by Crippen LogP contribution is -2.33. The SMILES string of the molecule is Cc1cc(NC(=O)CCN(c2ccccc2)S(C)(=O)=O)no1. The van der Waals surface area contributed by atoms with Crippen molar-refractivity contribution in [3.63, 3.8) is 0 Å². The molecule has 22 heavy (non-hydrogen) atoms. The van der Waals surface area contributed by atoms with Crippen LogP contribution in [0.1, 0.15) is 12.2 Å². The van der Waals surface area contributed by atoms with Crippen molar-refractivity contribution in [2.24, 2.45) is 0 Å². The van der Waals surface area contributed by atoms with Crippen molar-refractivity contribution < 1.29 is 17.7 Å². The Hall–Kier alpha value is -2.35. The minimum Gasteiger partial charge on any atom is -0.360 e. The zero-order valence-corrected chi connectivity index (χ0v) is 13.1. The van der Waals surface area contributed by atoms with Gasteiger partial charge in [0.25, 0.3) is 0 Å². The van der Waals surface area contributed by atoms with E-state index in [0.29, 0.717) is 17.3 Å². The minimum absolute atomic E-state index is 0.00781. The van der Waals surface area contributed by atoms with Gasteiger partial charge in [0.15, 0.2) is 5.82 Å². The Morgan fingerprint density at radius 3 is 2.55 bits per heavy atom. The monoisotopic (exact) mass is 323 g/mol. The molecule has 0 unspecified atom stereocenters. The smallest absolute Gasteiger partial charge is 0.232 e. The second-order valence-electron chi connectivity index (χ2n) is 4.79. The maximum absolute atomic E-state index is 11.9. The van der Waals surface area contributed by atoms with Gasteiger partial charge < -0.3 is 9.84 Å². The molecule has 1 aromatic heterocycles. The molecule has 0 saturated carbocycles. The van der Waals surface area contributed by atoms with Gasteiger partial charge in [-0.05, 0) is 19.1 Å². The third kappa shape index (κ3) is 4.32. The van der Waals surface area contributed by atoms with Crippen molar-refractivity contribution in [3.8, 4) is 0 Å². The fourth-order valence-corrected chi connectivity index (χ4v) is 2.84. The predicted molar refractivity (Wildman–Crippen MR) is 83.1 cm³/mol. The van der Waals surface area contributed by atoms with Gasteiger partial charge in [-0.3, -0.25) is 9.10 Å². The van der Waals surface area contributed by atoms with E-state index in [4.69, 9.17) is 4.52 Å². The Morgan fingerprint density at radius 1 is 1.32 bits per heavy atom. The molecule has 8 heteroatoms. The fourth-order valence-electron chi connectivity index (χ4n) is 1.91. The molecule has 0 fully saturated rings. The fraction of sp³-hybridized carbons (Fsp3) is 0.286. The summed E-state index contributed by atoms with van der Waals surface area (Å²) in [6.45, 7) is 1.76. The summed E-state index contributed by atoms with van der Waals surface area (Å²) in [5.74, 6) is 0.559. The number of nitrogens with one attached hydrogen (secondary N) is 1. The van der Waals surface area contributed by atoms with E-state index >= 15 is 0 Å². The molecule has 0 saturated heterocycles. The average molecular weight is 323 g/mol. The number of aromatic nitrogens is 1. The zero-order valence-electron chi connectivity index (χ0n) is 12.3. The van der Waals surface area contributed by atoms with E-state index in [1.165, 1.54) is 4.31 Å². The number of amides is 1. The van der Waals surface area contributed by atoms with Crippen LogP contribution in [-0.2, 0) is 14.8 Å². The van der Waals surface area contributed by atoms with Gasteiger partial charge in [0.1, 0.15) is 5.76 Å². The summed E-state index contributed by atoms with van der Waals surface area (Å²) in [4.78, 5) is 11.9. The molecule has 2 rings (SSSR count). The minimum atomic E-state index is -3.46. The van der Waals surface area contributed by atoms with Gasteiger partial charge in [0.2, 0.25) is 15.9 Å². The quantitative estimate of drug-likeness (QED) is 0.874. The van der Waals surface area contributed by atoms with E-state index in [1.54, 1.807) is 43.3 Å². The number of sulfonamides is 1. The third-order valence-electron chi connectivity index (χ3n) is 2.88. The number of benzene rings is 1. The number of hydrogen-bond acceptors (Lipinski definition) is 5. The van der Waals surface area contributed by atoms with E-state index in [2.05, 4.69) is 10.5 Å². The number of hydrogen-bond donors (Lipinski definition) is 1. The molecule has 1 heterocycles. The van der Waals surface area contributed by atoms with E-state index in [-0.39, 0.29) is 18.9 Å². The lowest BCUT2D eigenvalue weighted by Gasteiger charge is -2.21. The summed E-state index contributed by atoms with van der Waals surface area (Å²) in [5, 5.41) is 6.21. The van der Waals surface area contributed by atoms with E-state index in [0.717, 1.165) is 6.26 Å². The molecule has 118 valence electrons. The first-order valence-corrected chi connectivity index (χ1v) is 8.47. The first-order valence-electron chi connectivity index (χ1n) is 6.62. The van der Waals surface area contributed by atoms with Crippen molar-refractivity contribution in [1.29, 1.82) is 0 Å². The molecule has 0 atom stereocenters. The number of anilines is 2. The van der Waals surface area contributed by atoms with Gasteiger partial charge >= 0.3 is 0 Å². The predicted octanol–water partition coefficient (Wildman–Crippen LogP) is 1.78. The molecule has 0 bridgehead atoms. The molecule has 0 aliphatic heterocycles. The second kappa shape index (κ2) is 6.61. The number of rotatable bonds is 6. The first-order chi connectivity index (χ1) is 10.4. The van der Waals surface area contributed by atoms with Crippen molar-refractivity contribution >= 4 is 27.4 Å². The van der Waals surface area contributed by atoms with Crippen molar-refractivity contribution in [1.82, 2.24) is 5.16 Å². The standard InChI is InChI=1S/C14H17N3O4S/c1-11-10-13(16-21-11)15-14(18)8-9-17(22(2,19)20)12-6-4-3-5-7-12/h3-7,10H,8-9H2,1-2H3,(H,15,16,18). The topological polar surface area (TPSA) is 92.5 Å². The largest absolute Gasteiger partial charge is 0.360 e. The number of carbonyl (C=O) groups is 1. The van der Waals surface area contributed by atoms with Crippen LogP contribution in [0.2, 0.25) is 0 Å². The van der Waals surface area contributed by atoms with Crippen LogP contribution in [-0.4, -0.2) is 32.3 Å². The molecule has 0 spiro atoms. The maximum Gasteiger partial charge on any atom is 0.232 e. The van der Waals surface area contributed by atoms with E-state index in [1.807, 2.05) is 0 Å². The maximum atomic E-state index is 11.9. The summed E-state index contributed by atoms with van der Waals surface area (Å²) in [6, 6.07) is 10.2. The normalized spacial score (nSPS) is 11.2. The summed E-state index contributed by atoms with van der Waals surface area (Å²) < 4.78 is 29.8. The number of para-hydroxylation sites is 1. The van der Waals surface area contributed by atoms with Crippen LogP contribution < -0.4 is 9.62 Å². The Kier molecular flexibility index (Phi) is 4.81. The highest BCUT2D eigenvalue weighted by Crippen LogP contribution is 2.17. The zero-order chi connectivity index (χ0) is 16.2. The first kappa shape index (κ1) is 16.0. The van der Waals surface area contributed by atoms with Crippen molar-refractivity contribution in [2.45, 2.75) is 13.3 Å². The lowest BCUT2D eigenvalue weighted by molar-refractivity contribution is -0.116. The van der Waals surface area contributed by atoms with Gasteiger partial charge in [-0.2, -0.15) is 0 Å². The molecule has 7 nitrogen and oxygen atoms in total. The Labute approximate surface area is 129 Å². The van der Waals surface area contributed by atoms with Crippen LogP contribution in [0, 0.1) is 6.92 Å². The summed E-state index contributed by atoms with van der Waals surface area (Å²) in [5.41, 5.74) is 0.523. The van der Waals surface area contributed by atoms with E-state index in [9.17, 15) is 13.2 Å². The van der Waals surface area contributed by atoms with Gasteiger partial charge in [-0.25, -0.2) is 8.42 Å². The van der Waals surface area contributed by atoms with Gasteiger partial charge in [0, 0.05) is 19.0 Å². The molecular weight excluding hydrogens is 306 g/mol. The molecule has 1 N–H and O–H groups in total. The highest BCUT2D eigenvalue weighted by molar-refractivity contribution is 7.92. The van der Waals surface area contributed by atoms with Crippen molar-refractivity contribution in [2.75, 3.05) is 22.4 Å². The Bertz CT molecular complexity index is 740. The summed E-state index contributed by atoms with van der Waals surface area (Å²) in [6.07, 6.45) is 1.12. The van der Waals surface area contributed by atoms with Crippen LogP contribution in [0.5, 0.6) is 0 Å². The Balaban J connectivity index is 2.01. The van der Waals surface area contributed by atoms with Gasteiger partial charge in [-0.1, -0.05) is 23.4 Å². The van der Waals surface area contributed by atoms with Crippen LogP contribution in [0.15, 0.2) is 40.9 Å².